The molecule has 13 rings (SSSR count). The third-order valence-corrected chi connectivity index (χ3v) is 14.5. The first-order valence-corrected chi connectivity index (χ1v) is 24.6. The zero-order chi connectivity index (χ0) is 47.1. The SMILES string of the molecule is C1=CC23C=C(c4ccc(N(c5ccc(N(c6ccccc6)c6ccccc6)cc5)c5cccc6ccccc56)cc4)C=CC2N(c2ccc(N(c4ccccc4)c4ccccc4)cc2)C2=C3C(=C1)C=CC2. The number of rotatable bonds is 11. The molecule has 9 aromatic carbocycles. The molecule has 0 bridgehead atoms. The topological polar surface area (TPSA) is 13.0 Å². The maximum absolute atomic E-state index is 2.60. The Morgan fingerprint density at radius 1 is 0.423 bits per heavy atom. The molecule has 3 aliphatic carbocycles. The van der Waals surface area contributed by atoms with E-state index in [9.17, 15) is 0 Å². The van der Waals surface area contributed by atoms with E-state index in [0.29, 0.717) is 0 Å². The second-order valence-electron chi connectivity index (χ2n) is 18.5. The molecule has 0 saturated heterocycles. The summed E-state index contributed by atoms with van der Waals surface area (Å²) in [5, 5.41) is 2.40. The second kappa shape index (κ2) is 17.8. The van der Waals surface area contributed by atoms with E-state index in [2.05, 4.69) is 305 Å². The third kappa shape index (κ3) is 7.40. The van der Waals surface area contributed by atoms with Crippen LogP contribution in [0.3, 0.4) is 0 Å². The first kappa shape index (κ1) is 42.0. The first-order chi connectivity index (χ1) is 35.2. The summed E-state index contributed by atoms with van der Waals surface area (Å²) in [5.41, 5.74) is 17.4. The van der Waals surface area contributed by atoms with Gasteiger partial charge >= 0.3 is 0 Å². The predicted octanol–water partition coefficient (Wildman–Crippen LogP) is 17.8. The lowest BCUT2D eigenvalue weighted by atomic mass is 9.66. The number of hydrogen-bond donors (Lipinski definition) is 0. The lowest BCUT2D eigenvalue weighted by Gasteiger charge is -2.39. The van der Waals surface area contributed by atoms with Gasteiger partial charge in [0.25, 0.3) is 0 Å². The fourth-order valence-electron chi connectivity index (χ4n) is 11.3. The highest BCUT2D eigenvalue weighted by Crippen LogP contribution is 2.58. The van der Waals surface area contributed by atoms with Crippen LogP contribution in [0, 0.1) is 5.41 Å². The molecular weight excluding hydrogens is 861 g/mol. The van der Waals surface area contributed by atoms with E-state index in [1.807, 2.05) is 0 Å². The summed E-state index contributed by atoms with van der Waals surface area (Å²) in [5.74, 6) is 0. The molecule has 4 nitrogen and oxygen atoms in total. The van der Waals surface area contributed by atoms with Gasteiger partial charge in [-0.3, -0.25) is 0 Å². The van der Waals surface area contributed by atoms with Gasteiger partial charge in [-0.2, -0.15) is 0 Å². The van der Waals surface area contributed by atoms with Crippen molar-refractivity contribution >= 4 is 73.2 Å². The molecule has 1 aliphatic heterocycles. The lowest BCUT2D eigenvalue weighted by Crippen LogP contribution is -2.40. The van der Waals surface area contributed by atoms with Crippen molar-refractivity contribution in [2.45, 2.75) is 12.5 Å². The number of para-hydroxylation sites is 4. The van der Waals surface area contributed by atoms with Crippen LogP contribution in [0.15, 0.2) is 302 Å². The monoisotopic (exact) mass is 910 g/mol. The molecule has 338 valence electrons. The Hall–Kier alpha value is -9.12. The maximum Gasteiger partial charge on any atom is 0.0690 e. The van der Waals surface area contributed by atoms with Gasteiger partial charge in [0.2, 0.25) is 0 Å². The highest BCUT2D eigenvalue weighted by Gasteiger charge is 2.52. The normalized spacial score (nSPS) is 17.4. The van der Waals surface area contributed by atoms with Crippen molar-refractivity contribution in [1.82, 2.24) is 0 Å². The summed E-state index contributed by atoms with van der Waals surface area (Å²) < 4.78 is 0. The summed E-state index contributed by atoms with van der Waals surface area (Å²) in [4.78, 5) is 9.64. The summed E-state index contributed by atoms with van der Waals surface area (Å²) >= 11 is 0. The average molecular weight is 911 g/mol. The fraction of sp³-hybridized carbons (Fsp3) is 0.0448. The van der Waals surface area contributed by atoms with Crippen molar-refractivity contribution < 1.29 is 0 Å². The van der Waals surface area contributed by atoms with Crippen LogP contribution in [0.1, 0.15) is 12.0 Å². The van der Waals surface area contributed by atoms with Crippen molar-refractivity contribution in [3.63, 3.8) is 0 Å². The van der Waals surface area contributed by atoms with Crippen LogP contribution < -0.4 is 19.6 Å². The summed E-state index contributed by atoms with van der Waals surface area (Å²) in [7, 11) is 0. The molecule has 0 fully saturated rings. The summed E-state index contributed by atoms with van der Waals surface area (Å²) in [6.07, 6.45) is 19.9. The standard InChI is InChI=1S/C67H50N4/c1-5-22-53(23-6-1)68(54-24-7-2-8-25-54)57-38-42-60(43-39-57)70(63-31-15-19-50-18-13-14-30-62(50)63)59-36-33-49(34-37-59)52-35-46-65-67(48-52)47-17-21-51-20-16-32-64(66(51)67)71(65)61-44-40-58(41-45-61)69(55-26-9-3-10-27-55)56-28-11-4-12-29-56/h1-31,33-48,65H,32H2. The van der Waals surface area contributed by atoms with Gasteiger partial charge in [0.05, 0.1) is 17.1 Å². The predicted molar refractivity (Wildman–Crippen MR) is 298 cm³/mol. The quantitative estimate of drug-likeness (QED) is 0.128. The van der Waals surface area contributed by atoms with Crippen LogP contribution in [-0.4, -0.2) is 6.04 Å². The highest BCUT2D eigenvalue weighted by molar-refractivity contribution is 5.99. The van der Waals surface area contributed by atoms with Crippen LogP contribution in [0.25, 0.3) is 16.3 Å². The first-order valence-electron chi connectivity index (χ1n) is 24.6. The van der Waals surface area contributed by atoms with Gasteiger partial charge in [-0.1, -0.05) is 170 Å². The van der Waals surface area contributed by atoms with E-state index in [-0.39, 0.29) is 11.5 Å². The number of anilines is 10. The number of hydrogen-bond acceptors (Lipinski definition) is 4. The highest BCUT2D eigenvalue weighted by atomic mass is 15.2. The van der Waals surface area contributed by atoms with E-state index >= 15 is 0 Å². The minimum atomic E-state index is -0.324. The lowest BCUT2D eigenvalue weighted by molar-refractivity contribution is 0.542. The molecule has 1 heterocycles. The van der Waals surface area contributed by atoms with Crippen LogP contribution in [-0.2, 0) is 0 Å². The number of fused-ring (bicyclic) bond motifs is 1. The Kier molecular flexibility index (Phi) is 10.5. The Labute approximate surface area is 416 Å². The van der Waals surface area contributed by atoms with Gasteiger partial charge in [-0.15, -0.1) is 0 Å². The smallest absolute Gasteiger partial charge is 0.0690 e. The molecule has 2 atom stereocenters. The Balaban J connectivity index is 0.851. The molecule has 2 unspecified atom stereocenters. The number of allylic oxidation sites excluding steroid dienone is 7. The molecule has 0 amide bonds. The van der Waals surface area contributed by atoms with Crippen molar-refractivity contribution in [1.29, 1.82) is 0 Å². The molecule has 9 aromatic rings. The molecule has 4 aliphatic rings. The van der Waals surface area contributed by atoms with E-state index < -0.39 is 0 Å². The van der Waals surface area contributed by atoms with Crippen molar-refractivity contribution in [2.24, 2.45) is 5.41 Å². The molecular formula is C67H50N4. The van der Waals surface area contributed by atoms with Gasteiger partial charge in [0.15, 0.2) is 0 Å². The molecule has 1 spiro atoms. The van der Waals surface area contributed by atoms with Gasteiger partial charge in [0, 0.05) is 68.7 Å². The minimum absolute atomic E-state index is 0.0881. The third-order valence-electron chi connectivity index (χ3n) is 14.5. The van der Waals surface area contributed by atoms with Gasteiger partial charge in [-0.25, -0.2) is 0 Å². The Morgan fingerprint density at radius 2 is 0.901 bits per heavy atom. The molecule has 71 heavy (non-hydrogen) atoms. The second-order valence-corrected chi connectivity index (χ2v) is 18.5. The van der Waals surface area contributed by atoms with E-state index in [1.54, 1.807) is 0 Å². The van der Waals surface area contributed by atoms with Crippen LogP contribution >= 0.6 is 0 Å². The number of benzene rings is 9. The zero-order valence-electron chi connectivity index (χ0n) is 39.2. The van der Waals surface area contributed by atoms with E-state index in [1.165, 1.54) is 44.4 Å². The number of nitrogens with zero attached hydrogens (tertiary/aromatic N) is 4. The molecule has 0 saturated carbocycles. The summed E-state index contributed by atoms with van der Waals surface area (Å²) in [6.45, 7) is 0. The van der Waals surface area contributed by atoms with Crippen molar-refractivity contribution in [3.8, 4) is 0 Å². The zero-order valence-corrected chi connectivity index (χ0v) is 39.2. The van der Waals surface area contributed by atoms with Crippen LogP contribution in [0.4, 0.5) is 56.9 Å². The summed E-state index contributed by atoms with van der Waals surface area (Å²) in [6, 6.07) is 85.1. The van der Waals surface area contributed by atoms with Crippen LogP contribution in [0.5, 0.6) is 0 Å². The van der Waals surface area contributed by atoms with E-state index in [0.717, 1.165) is 57.6 Å². The van der Waals surface area contributed by atoms with Crippen LogP contribution in [0.2, 0.25) is 0 Å². The minimum Gasteiger partial charge on any atom is -0.336 e. The fourth-order valence-corrected chi connectivity index (χ4v) is 11.3. The molecule has 0 N–H and O–H groups in total. The average Bonchev–Trinajstić information content (AvgIpc) is 3.74. The van der Waals surface area contributed by atoms with Crippen molar-refractivity contribution in [2.75, 3.05) is 19.6 Å². The molecule has 0 radical (unpaired) electrons. The largest absolute Gasteiger partial charge is 0.336 e. The van der Waals surface area contributed by atoms with Crippen molar-refractivity contribution in [3.05, 3.63) is 308 Å². The molecule has 0 aromatic heterocycles. The Bertz CT molecular complexity index is 3510. The Morgan fingerprint density at radius 3 is 1.48 bits per heavy atom. The van der Waals surface area contributed by atoms with E-state index in [4.69, 9.17) is 0 Å². The van der Waals surface area contributed by atoms with Gasteiger partial charge < -0.3 is 19.6 Å². The van der Waals surface area contributed by atoms with Gasteiger partial charge in [0.1, 0.15) is 0 Å². The maximum atomic E-state index is 2.60. The molecule has 4 heteroatoms. The van der Waals surface area contributed by atoms with Gasteiger partial charge in [-0.05, 0) is 143 Å².